The van der Waals surface area contributed by atoms with Gasteiger partial charge in [-0.2, -0.15) is 0 Å². The van der Waals surface area contributed by atoms with E-state index in [0.717, 1.165) is 6.42 Å². The highest BCUT2D eigenvalue weighted by molar-refractivity contribution is 5.87. The van der Waals surface area contributed by atoms with Crippen LogP contribution in [0.25, 0.3) is 0 Å². The number of carbonyl (C=O) groups excluding carboxylic acids is 1. The predicted molar refractivity (Wildman–Crippen MR) is 59.7 cm³/mol. The molecule has 0 saturated carbocycles. The molecule has 2 atom stereocenters. The van der Waals surface area contributed by atoms with Crippen molar-refractivity contribution in [2.45, 2.75) is 19.6 Å². The highest BCUT2D eigenvalue weighted by Crippen LogP contribution is 2.23. The Hall–Kier alpha value is -2.04. The highest BCUT2D eigenvalue weighted by Gasteiger charge is 2.39. The second-order valence-corrected chi connectivity index (χ2v) is 3.89. The normalized spacial score (nSPS) is 22.5. The Morgan fingerprint density at radius 1 is 1.41 bits per heavy atom. The largest absolute Gasteiger partial charge is 0.478 e. The van der Waals surface area contributed by atoms with Crippen LogP contribution >= 0.6 is 0 Å². The Balaban J connectivity index is 2.00. The number of amides is 1. The number of aromatic carboxylic acids is 1. The van der Waals surface area contributed by atoms with Gasteiger partial charge in [-0.1, -0.05) is 6.92 Å². The summed E-state index contributed by atoms with van der Waals surface area (Å²) < 4.78 is 5.53. The third-order valence-corrected chi connectivity index (χ3v) is 2.79. The van der Waals surface area contributed by atoms with E-state index in [1.807, 2.05) is 6.92 Å². The van der Waals surface area contributed by atoms with Crippen molar-refractivity contribution in [3.05, 3.63) is 29.8 Å². The van der Waals surface area contributed by atoms with Crippen LogP contribution in [-0.2, 0) is 4.79 Å². The monoisotopic (exact) mass is 235 g/mol. The SMILES string of the molecule is CC[C@@H]1C(=O)N[C@H]1Oc1ccc(C(=O)O)cc1. The maximum absolute atomic E-state index is 11.1. The summed E-state index contributed by atoms with van der Waals surface area (Å²) >= 11 is 0. The lowest BCUT2D eigenvalue weighted by atomic mass is 9.96. The Morgan fingerprint density at radius 3 is 2.53 bits per heavy atom. The van der Waals surface area contributed by atoms with Crippen molar-refractivity contribution >= 4 is 11.9 Å². The number of carbonyl (C=O) groups is 2. The van der Waals surface area contributed by atoms with Gasteiger partial charge >= 0.3 is 5.97 Å². The van der Waals surface area contributed by atoms with Crippen molar-refractivity contribution in [1.82, 2.24) is 5.32 Å². The summed E-state index contributed by atoms with van der Waals surface area (Å²) in [5, 5.41) is 11.4. The molecule has 2 N–H and O–H groups in total. The number of β-lactam (4-membered cyclic amide) rings is 1. The molecule has 1 saturated heterocycles. The zero-order chi connectivity index (χ0) is 12.4. The first-order valence-electron chi connectivity index (χ1n) is 5.42. The van der Waals surface area contributed by atoms with Crippen molar-refractivity contribution < 1.29 is 19.4 Å². The van der Waals surface area contributed by atoms with Crippen LogP contribution in [0.5, 0.6) is 5.75 Å². The van der Waals surface area contributed by atoms with E-state index in [4.69, 9.17) is 9.84 Å². The number of hydrogen-bond donors (Lipinski definition) is 2. The molecule has 1 amide bonds. The molecule has 1 aromatic rings. The summed E-state index contributed by atoms with van der Waals surface area (Å²) in [6.45, 7) is 1.92. The minimum atomic E-state index is -0.972. The molecular weight excluding hydrogens is 222 g/mol. The van der Waals surface area contributed by atoms with E-state index in [0.29, 0.717) is 5.75 Å². The fraction of sp³-hybridized carbons (Fsp3) is 0.333. The highest BCUT2D eigenvalue weighted by atomic mass is 16.5. The zero-order valence-electron chi connectivity index (χ0n) is 9.34. The number of carboxylic acid groups (broad SMARTS) is 1. The molecule has 0 aliphatic carbocycles. The van der Waals surface area contributed by atoms with Gasteiger partial charge in [0.25, 0.3) is 0 Å². The Morgan fingerprint density at radius 2 is 2.06 bits per heavy atom. The number of ether oxygens (including phenoxy) is 1. The lowest BCUT2D eigenvalue weighted by Crippen LogP contribution is -2.60. The maximum Gasteiger partial charge on any atom is 0.335 e. The van der Waals surface area contributed by atoms with Gasteiger partial charge in [-0.3, -0.25) is 4.79 Å². The number of rotatable bonds is 4. The number of nitrogens with one attached hydrogen (secondary N) is 1. The summed E-state index contributed by atoms with van der Waals surface area (Å²) in [6, 6.07) is 6.11. The first-order chi connectivity index (χ1) is 8.11. The van der Waals surface area contributed by atoms with E-state index in [9.17, 15) is 9.59 Å². The Labute approximate surface area is 98.4 Å². The van der Waals surface area contributed by atoms with Gasteiger partial charge < -0.3 is 15.2 Å². The zero-order valence-corrected chi connectivity index (χ0v) is 9.34. The molecule has 1 aliphatic rings. The Bertz CT molecular complexity index is 440. The lowest BCUT2D eigenvalue weighted by Gasteiger charge is -2.35. The van der Waals surface area contributed by atoms with E-state index in [-0.39, 0.29) is 23.6 Å². The summed E-state index contributed by atoms with van der Waals surface area (Å²) in [7, 11) is 0. The van der Waals surface area contributed by atoms with E-state index in [1.165, 1.54) is 12.1 Å². The van der Waals surface area contributed by atoms with Crippen LogP contribution in [0.15, 0.2) is 24.3 Å². The summed E-state index contributed by atoms with van der Waals surface area (Å²) in [6.07, 6.45) is 0.423. The van der Waals surface area contributed by atoms with E-state index >= 15 is 0 Å². The van der Waals surface area contributed by atoms with Crippen molar-refractivity contribution in [2.24, 2.45) is 5.92 Å². The summed E-state index contributed by atoms with van der Waals surface area (Å²) in [5.74, 6) is -0.535. The smallest absolute Gasteiger partial charge is 0.335 e. The van der Waals surface area contributed by atoms with Gasteiger partial charge in [0.15, 0.2) is 6.23 Å². The number of benzene rings is 1. The van der Waals surface area contributed by atoms with Crippen LogP contribution in [0.3, 0.4) is 0 Å². The third kappa shape index (κ3) is 2.22. The number of hydrogen-bond acceptors (Lipinski definition) is 3. The van der Waals surface area contributed by atoms with E-state index in [1.54, 1.807) is 12.1 Å². The van der Waals surface area contributed by atoms with Crippen LogP contribution in [-0.4, -0.2) is 23.2 Å². The molecule has 5 nitrogen and oxygen atoms in total. The van der Waals surface area contributed by atoms with Gasteiger partial charge in [0.1, 0.15) is 5.75 Å². The molecule has 0 aromatic heterocycles. The van der Waals surface area contributed by atoms with Crippen molar-refractivity contribution in [1.29, 1.82) is 0 Å². The molecular formula is C12H13NO4. The van der Waals surface area contributed by atoms with Crippen molar-refractivity contribution in [3.63, 3.8) is 0 Å². The molecule has 1 fully saturated rings. The molecule has 1 aromatic carbocycles. The topological polar surface area (TPSA) is 75.6 Å². The predicted octanol–water partition coefficient (Wildman–Crippen LogP) is 1.25. The van der Waals surface area contributed by atoms with E-state index in [2.05, 4.69) is 5.32 Å². The molecule has 0 unspecified atom stereocenters. The molecule has 90 valence electrons. The lowest BCUT2D eigenvalue weighted by molar-refractivity contribution is -0.144. The van der Waals surface area contributed by atoms with Crippen LogP contribution in [0, 0.1) is 5.92 Å². The standard InChI is InChI=1S/C12H13NO4/c1-2-9-10(14)13-11(9)17-8-5-3-7(4-6-8)12(15)16/h3-6,9,11H,2H2,1H3,(H,13,14)(H,15,16)/t9-,11+/m1/s1. The maximum atomic E-state index is 11.1. The third-order valence-electron chi connectivity index (χ3n) is 2.79. The fourth-order valence-corrected chi connectivity index (χ4v) is 1.72. The van der Waals surface area contributed by atoms with Gasteiger partial charge in [0, 0.05) is 0 Å². The molecule has 1 aliphatic heterocycles. The van der Waals surface area contributed by atoms with Crippen molar-refractivity contribution in [3.8, 4) is 5.75 Å². The van der Waals surface area contributed by atoms with Crippen LogP contribution < -0.4 is 10.1 Å². The van der Waals surface area contributed by atoms with Gasteiger partial charge in [-0.25, -0.2) is 4.79 Å². The summed E-state index contributed by atoms with van der Waals surface area (Å²) in [4.78, 5) is 21.8. The van der Waals surface area contributed by atoms with E-state index < -0.39 is 5.97 Å². The Kier molecular flexibility index (Phi) is 2.99. The summed E-state index contributed by atoms with van der Waals surface area (Å²) in [5.41, 5.74) is 0.210. The van der Waals surface area contributed by atoms with Crippen molar-refractivity contribution in [2.75, 3.05) is 0 Å². The molecule has 0 radical (unpaired) electrons. The van der Waals surface area contributed by atoms with Gasteiger partial charge in [-0.05, 0) is 30.7 Å². The van der Waals surface area contributed by atoms with Gasteiger partial charge in [0.2, 0.25) is 5.91 Å². The van der Waals surface area contributed by atoms with Gasteiger partial charge in [-0.15, -0.1) is 0 Å². The second-order valence-electron chi connectivity index (χ2n) is 3.89. The molecule has 0 bridgehead atoms. The molecule has 1 heterocycles. The first kappa shape index (κ1) is 11.4. The molecule has 5 heteroatoms. The average molecular weight is 235 g/mol. The fourth-order valence-electron chi connectivity index (χ4n) is 1.72. The van der Waals surface area contributed by atoms with Crippen LogP contribution in [0.1, 0.15) is 23.7 Å². The van der Waals surface area contributed by atoms with Crippen LogP contribution in [0.2, 0.25) is 0 Å². The number of carboxylic acids is 1. The van der Waals surface area contributed by atoms with Crippen LogP contribution in [0.4, 0.5) is 0 Å². The first-order valence-corrected chi connectivity index (χ1v) is 5.42. The quantitative estimate of drug-likeness (QED) is 0.770. The molecule has 0 spiro atoms. The molecule has 17 heavy (non-hydrogen) atoms. The second kappa shape index (κ2) is 4.45. The minimum absolute atomic E-state index is 0.000318. The molecule has 2 rings (SSSR count). The minimum Gasteiger partial charge on any atom is -0.478 e. The average Bonchev–Trinajstić information content (AvgIpc) is 2.29. The van der Waals surface area contributed by atoms with Gasteiger partial charge in [0.05, 0.1) is 11.5 Å².